The highest BCUT2D eigenvalue weighted by molar-refractivity contribution is 5.79. The molecule has 1 aromatic carbocycles. The van der Waals surface area contributed by atoms with Gasteiger partial charge in [-0.25, -0.2) is 4.98 Å². The molecule has 98 valence electrons. The van der Waals surface area contributed by atoms with E-state index in [2.05, 4.69) is 11.9 Å². The van der Waals surface area contributed by atoms with E-state index < -0.39 is 0 Å². The molecule has 0 radical (unpaired) electrons. The highest BCUT2D eigenvalue weighted by atomic mass is 16.5. The van der Waals surface area contributed by atoms with Crippen molar-refractivity contribution in [3.05, 3.63) is 18.5 Å². The molecule has 1 heterocycles. The highest BCUT2D eigenvalue weighted by Gasteiger charge is 2.10. The molecule has 0 saturated heterocycles. The van der Waals surface area contributed by atoms with Gasteiger partial charge in [0.05, 0.1) is 31.6 Å². The van der Waals surface area contributed by atoms with Crippen LogP contribution < -0.4 is 9.47 Å². The van der Waals surface area contributed by atoms with Crippen LogP contribution in [0.15, 0.2) is 18.5 Å². The van der Waals surface area contributed by atoms with Crippen LogP contribution in [0.3, 0.4) is 0 Å². The molecule has 0 atom stereocenters. The first kappa shape index (κ1) is 12.7. The quantitative estimate of drug-likeness (QED) is 0.739. The van der Waals surface area contributed by atoms with E-state index in [1.165, 1.54) is 0 Å². The van der Waals surface area contributed by atoms with Crippen molar-refractivity contribution in [2.75, 3.05) is 20.8 Å². The molecule has 0 aliphatic rings. The molecule has 18 heavy (non-hydrogen) atoms. The molecule has 2 aromatic rings. The Kier molecular flexibility index (Phi) is 4.04. The number of benzene rings is 1. The molecule has 0 aliphatic heterocycles. The Morgan fingerprint density at radius 2 is 1.89 bits per heavy atom. The molecule has 0 bridgehead atoms. The summed E-state index contributed by atoms with van der Waals surface area (Å²) in [5, 5.41) is 0. The number of aromatic nitrogens is 2. The van der Waals surface area contributed by atoms with Gasteiger partial charge in [0.15, 0.2) is 11.5 Å². The van der Waals surface area contributed by atoms with Gasteiger partial charge in [-0.05, 0) is 6.42 Å². The first-order valence-corrected chi connectivity index (χ1v) is 5.94. The maximum atomic E-state index is 5.52. The number of rotatable bonds is 6. The molecule has 0 amide bonds. The van der Waals surface area contributed by atoms with Crippen LogP contribution >= 0.6 is 0 Å². The lowest BCUT2D eigenvalue weighted by Crippen LogP contribution is -2.02. The summed E-state index contributed by atoms with van der Waals surface area (Å²) in [5.41, 5.74) is 1.84. The van der Waals surface area contributed by atoms with Crippen LogP contribution in [0.25, 0.3) is 11.0 Å². The smallest absolute Gasteiger partial charge is 0.163 e. The van der Waals surface area contributed by atoms with Crippen LogP contribution in [-0.4, -0.2) is 30.4 Å². The van der Waals surface area contributed by atoms with E-state index in [4.69, 9.17) is 14.2 Å². The fourth-order valence-corrected chi connectivity index (χ4v) is 1.80. The lowest BCUT2D eigenvalue weighted by atomic mass is 10.2. The standard InChI is InChI=1S/C13H18N2O3/c1-4-5-18-9-15-8-14-10-6-12(16-2)13(17-3)7-11(10)15/h6-8H,4-5,9H2,1-3H3. The van der Waals surface area contributed by atoms with Crippen molar-refractivity contribution in [1.82, 2.24) is 9.55 Å². The van der Waals surface area contributed by atoms with Gasteiger partial charge in [-0.1, -0.05) is 6.92 Å². The van der Waals surface area contributed by atoms with Crippen molar-refractivity contribution in [2.45, 2.75) is 20.1 Å². The van der Waals surface area contributed by atoms with Crippen LogP contribution in [0.5, 0.6) is 11.5 Å². The predicted molar refractivity (Wildman–Crippen MR) is 69.1 cm³/mol. The Balaban J connectivity index is 2.33. The van der Waals surface area contributed by atoms with Gasteiger partial charge in [0.2, 0.25) is 0 Å². The lowest BCUT2D eigenvalue weighted by molar-refractivity contribution is 0.0800. The topological polar surface area (TPSA) is 45.5 Å². The molecule has 0 saturated carbocycles. The Hall–Kier alpha value is -1.75. The Morgan fingerprint density at radius 3 is 2.56 bits per heavy atom. The van der Waals surface area contributed by atoms with Gasteiger partial charge in [0.1, 0.15) is 6.73 Å². The largest absolute Gasteiger partial charge is 0.493 e. The summed E-state index contributed by atoms with van der Waals surface area (Å²) in [5.74, 6) is 1.38. The third-order valence-electron chi connectivity index (χ3n) is 2.71. The zero-order chi connectivity index (χ0) is 13.0. The molecular formula is C13H18N2O3. The van der Waals surface area contributed by atoms with Gasteiger partial charge >= 0.3 is 0 Å². The Morgan fingerprint density at radius 1 is 1.17 bits per heavy atom. The minimum atomic E-state index is 0.500. The van der Waals surface area contributed by atoms with Gasteiger partial charge in [0, 0.05) is 18.7 Å². The number of imidazole rings is 1. The van der Waals surface area contributed by atoms with E-state index in [1.807, 2.05) is 16.7 Å². The molecule has 5 nitrogen and oxygen atoms in total. The van der Waals surface area contributed by atoms with Gasteiger partial charge in [-0.15, -0.1) is 0 Å². The van der Waals surface area contributed by atoms with Gasteiger partial charge < -0.3 is 18.8 Å². The summed E-state index contributed by atoms with van der Waals surface area (Å²) < 4.78 is 18.0. The van der Waals surface area contributed by atoms with E-state index in [1.54, 1.807) is 20.5 Å². The van der Waals surface area contributed by atoms with E-state index in [0.717, 1.165) is 24.1 Å². The molecule has 0 aliphatic carbocycles. The van der Waals surface area contributed by atoms with E-state index in [9.17, 15) is 0 Å². The number of nitrogens with zero attached hydrogens (tertiary/aromatic N) is 2. The number of hydrogen-bond acceptors (Lipinski definition) is 4. The summed E-state index contributed by atoms with van der Waals surface area (Å²) in [6.07, 6.45) is 2.77. The average Bonchev–Trinajstić information content (AvgIpc) is 2.80. The molecule has 5 heteroatoms. The van der Waals surface area contributed by atoms with Gasteiger partial charge in [-0.2, -0.15) is 0 Å². The van der Waals surface area contributed by atoms with E-state index >= 15 is 0 Å². The SMILES string of the molecule is CCCOCn1cnc2cc(OC)c(OC)cc21. The van der Waals surface area contributed by atoms with Crippen LogP contribution in [0.1, 0.15) is 13.3 Å². The normalized spacial score (nSPS) is 10.8. The van der Waals surface area contributed by atoms with Gasteiger partial charge in [-0.3, -0.25) is 0 Å². The lowest BCUT2D eigenvalue weighted by Gasteiger charge is -2.09. The second-order valence-corrected chi connectivity index (χ2v) is 3.95. The average molecular weight is 250 g/mol. The first-order chi connectivity index (χ1) is 8.80. The minimum Gasteiger partial charge on any atom is -0.493 e. The second kappa shape index (κ2) is 5.73. The van der Waals surface area contributed by atoms with Crippen LogP contribution in [-0.2, 0) is 11.5 Å². The van der Waals surface area contributed by atoms with Crippen molar-refractivity contribution in [3.63, 3.8) is 0 Å². The summed E-state index contributed by atoms with van der Waals surface area (Å²) in [7, 11) is 3.24. The van der Waals surface area contributed by atoms with E-state index in [-0.39, 0.29) is 0 Å². The maximum absolute atomic E-state index is 5.52. The summed E-state index contributed by atoms with van der Waals surface area (Å²) in [4.78, 5) is 4.33. The van der Waals surface area contributed by atoms with Crippen molar-refractivity contribution in [1.29, 1.82) is 0 Å². The zero-order valence-corrected chi connectivity index (χ0v) is 11.0. The van der Waals surface area contributed by atoms with Gasteiger partial charge in [0.25, 0.3) is 0 Å². The molecule has 0 fully saturated rings. The summed E-state index contributed by atoms with van der Waals surface area (Å²) in [6, 6.07) is 3.78. The summed E-state index contributed by atoms with van der Waals surface area (Å²) in [6.45, 7) is 3.33. The van der Waals surface area contributed by atoms with E-state index in [0.29, 0.717) is 18.2 Å². The molecular weight excluding hydrogens is 232 g/mol. The van der Waals surface area contributed by atoms with Crippen molar-refractivity contribution < 1.29 is 14.2 Å². The van der Waals surface area contributed by atoms with Crippen LogP contribution in [0.2, 0.25) is 0 Å². The monoisotopic (exact) mass is 250 g/mol. The van der Waals surface area contributed by atoms with Crippen LogP contribution in [0, 0.1) is 0 Å². The molecule has 2 rings (SSSR count). The Labute approximate surface area is 106 Å². The molecule has 0 N–H and O–H groups in total. The number of hydrogen-bond donors (Lipinski definition) is 0. The second-order valence-electron chi connectivity index (χ2n) is 3.95. The third-order valence-corrected chi connectivity index (χ3v) is 2.71. The van der Waals surface area contributed by atoms with Crippen molar-refractivity contribution >= 4 is 11.0 Å². The molecule has 0 unspecified atom stereocenters. The number of ether oxygens (including phenoxy) is 3. The predicted octanol–water partition coefficient (Wildman–Crippen LogP) is 2.44. The van der Waals surface area contributed by atoms with Crippen LogP contribution in [0.4, 0.5) is 0 Å². The zero-order valence-electron chi connectivity index (χ0n) is 11.0. The highest BCUT2D eigenvalue weighted by Crippen LogP contribution is 2.31. The molecule has 1 aromatic heterocycles. The van der Waals surface area contributed by atoms with Crippen molar-refractivity contribution in [2.24, 2.45) is 0 Å². The fraction of sp³-hybridized carbons (Fsp3) is 0.462. The Bertz CT molecular complexity index is 522. The summed E-state index contributed by atoms with van der Waals surface area (Å²) >= 11 is 0. The number of fused-ring (bicyclic) bond motifs is 1. The third kappa shape index (κ3) is 2.41. The van der Waals surface area contributed by atoms with Crippen molar-refractivity contribution in [3.8, 4) is 11.5 Å². The maximum Gasteiger partial charge on any atom is 0.163 e. The first-order valence-electron chi connectivity index (χ1n) is 5.94. The fourth-order valence-electron chi connectivity index (χ4n) is 1.80. The molecule has 0 spiro atoms. The minimum absolute atomic E-state index is 0.500. The number of methoxy groups -OCH3 is 2.